The third kappa shape index (κ3) is 4.37. The number of aryl methyl sites for hydroxylation is 1. The Hall–Kier alpha value is -1.23. The van der Waals surface area contributed by atoms with Crippen molar-refractivity contribution in [2.45, 2.75) is 33.0 Å². The van der Waals surface area contributed by atoms with Crippen LogP contribution in [-0.4, -0.2) is 15.6 Å². The fraction of sp³-hybridized carbons (Fsp3) is 0.400. The first-order chi connectivity index (χ1) is 9.97. The summed E-state index contributed by atoms with van der Waals surface area (Å²) in [4.78, 5) is 4.24. The molecule has 0 atom stereocenters. The average molecular weight is 328 g/mol. The third-order valence-electron chi connectivity index (χ3n) is 3.05. The van der Waals surface area contributed by atoms with Crippen LogP contribution >= 0.6 is 23.2 Å². The minimum atomic E-state index is 0.361. The van der Waals surface area contributed by atoms with Crippen LogP contribution in [0.1, 0.15) is 25.2 Å². The molecule has 1 N–H and O–H groups in total. The molecule has 0 fully saturated rings. The Bertz CT molecular complexity index is 611. The second-order valence-corrected chi connectivity index (χ2v) is 6.00. The Kier molecular flexibility index (Phi) is 5.51. The molecule has 0 unspecified atom stereocenters. The lowest BCUT2D eigenvalue weighted by Crippen LogP contribution is -2.22. The Morgan fingerprint density at radius 3 is 2.71 bits per heavy atom. The smallest absolute Gasteiger partial charge is 0.146 e. The summed E-state index contributed by atoms with van der Waals surface area (Å²) in [5, 5.41) is 4.46. The summed E-state index contributed by atoms with van der Waals surface area (Å²) >= 11 is 12.3. The molecule has 6 heteroatoms. The minimum absolute atomic E-state index is 0.361. The largest absolute Gasteiger partial charge is 0.484 e. The number of ether oxygens (including phenoxy) is 1. The van der Waals surface area contributed by atoms with Crippen molar-refractivity contribution in [3.8, 4) is 5.75 Å². The first-order valence-electron chi connectivity index (χ1n) is 6.77. The average Bonchev–Trinajstić information content (AvgIpc) is 2.80. The summed E-state index contributed by atoms with van der Waals surface area (Å²) < 4.78 is 7.78. The van der Waals surface area contributed by atoms with E-state index in [1.807, 2.05) is 23.9 Å². The number of aromatic nitrogens is 2. The van der Waals surface area contributed by atoms with Gasteiger partial charge in [-0.3, -0.25) is 0 Å². The number of rotatable bonds is 6. The Labute approximate surface area is 135 Å². The van der Waals surface area contributed by atoms with Gasteiger partial charge in [-0.25, -0.2) is 4.98 Å². The maximum atomic E-state index is 6.27. The predicted molar refractivity (Wildman–Crippen MR) is 86.0 cm³/mol. The molecule has 0 spiro atoms. The zero-order chi connectivity index (χ0) is 15.4. The van der Waals surface area contributed by atoms with Gasteiger partial charge in [0.2, 0.25) is 0 Å². The predicted octanol–water partition coefficient (Wildman–Crippen LogP) is 3.80. The molecule has 4 nitrogen and oxygen atoms in total. The van der Waals surface area contributed by atoms with E-state index in [4.69, 9.17) is 27.9 Å². The van der Waals surface area contributed by atoms with Gasteiger partial charge in [0, 0.05) is 42.6 Å². The molecule has 2 aromatic rings. The Morgan fingerprint density at radius 2 is 2.10 bits per heavy atom. The normalized spacial score (nSPS) is 11.1. The summed E-state index contributed by atoms with van der Waals surface area (Å²) in [7, 11) is 1.93. The van der Waals surface area contributed by atoms with Gasteiger partial charge in [-0.2, -0.15) is 0 Å². The first kappa shape index (κ1) is 16.1. The van der Waals surface area contributed by atoms with E-state index >= 15 is 0 Å². The maximum absolute atomic E-state index is 6.27. The standard InChI is InChI=1S/C15H19Cl2N3O/c1-10(2)19-8-11-6-12(16)7-13(17)15(11)21-9-14-18-4-5-20(14)3/h4-7,10,19H,8-9H2,1-3H3. The number of halogens is 2. The zero-order valence-corrected chi connectivity index (χ0v) is 13.9. The van der Waals surface area contributed by atoms with Crippen LogP contribution in [-0.2, 0) is 20.2 Å². The number of hydrogen-bond acceptors (Lipinski definition) is 3. The van der Waals surface area contributed by atoms with Gasteiger partial charge in [-0.15, -0.1) is 0 Å². The lowest BCUT2D eigenvalue weighted by atomic mass is 10.2. The van der Waals surface area contributed by atoms with E-state index in [0.29, 0.717) is 35.0 Å². The van der Waals surface area contributed by atoms with Crippen molar-refractivity contribution in [1.82, 2.24) is 14.9 Å². The minimum Gasteiger partial charge on any atom is -0.484 e. The fourth-order valence-corrected chi connectivity index (χ4v) is 2.48. The van der Waals surface area contributed by atoms with Crippen molar-refractivity contribution in [2.75, 3.05) is 0 Å². The van der Waals surface area contributed by atoms with E-state index in [0.717, 1.165) is 11.4 Å². The molecule has 2 rings (SSSR count). The van der Waals surface area contributed by atoms with Crippen LogP contribution in [0, 0.1) is 0 Å². The molecule has 1 aromatic heterocycles. The molecule has 1 heterocycles. The van der Waals surface area contributed by atoms with E-state index < -0.39 is 0 Å². The van der Waals surface area contributed by atoms with Crippen molar-refractivity contribution >= 4 is 23.2 Å². The molecule has 0 amide bonds. The highest BCUT2D eigenvalue weighted by atomic mass is 35.5. The molecule has 21 heavy (non-hydrogen) atoms. The van der Waals surface area contributed by atoms with Gasteiger partial charge in [0.25, 0.3) is 0 Å². The van der Waals surface area contributed by atoms with Crippen LogP contribution in [0.2, 0.25) is 10.0 Å². The van der Waals surface area contributed by atoms with Gasteiger partial charge in [0.05, 0.1) is 5.02 Å². The summed E-state index contributed by atoms with van der Waals surface area (Å²) in [6.45, 7) is 5.18. The summed E-state index contributed by atoms with van der Waals surface area (Å²) in [6.07, 6.45) is 3.62. The second-order valence-electron chi connectivity index (χ2n) is 5.15. The molecule has 0 saturated carbocycles. The fourth-order valence-electron chi connectivity index (χ4n) is 1.89. The highest BCUT2D eigenvalue weighted by molar-refractivity contribution is 6.35. The van der Waals surface area contributed by atoms with Crippen LogP contribution in [0.4, 0.5) is 0 Å². The maximum Gasteiger partial charge on any atom is 0.146 e. The molecule has 0 aliphatic heterocycles. The van der Waals surface area contributed by atoms with Crippen LogP contribution in [0.3, 0.4) is 0 Å². The van der Waals surface area contributed by atoms with Gasteiger partial charge < -0.3 is 14.6 Å². The molecule has 114 valence electrons. The van der Waals surface area contributed by atoms with Crippen molar-refractivity contribution < 1.29 is 4.74 Å². The molecule has 1 aromatic carbocycles. The monoisotopic (exact) mass is 327 g/mol. The van der Waals surface area contributed by atoms with Crippen LogP contribution < -0.4 is 10.1 Å². The van der Waals surface area contributed by atoms with Crippen LogP contribution in [0.15, 0.2) is 24.5 Å². The Morgan fingerprint density at radius 1 is 1.33 bits per heavy atom. The highest BCUT2D eigenvalue weighted by Crippen LogP contribution is 2.33. The lowest BCUT2D eigenvalue weighted by molar-refractivity contribution is 0.288. The molecule has 0 saturated heterocycles. The summed E-state index contributed by atoms with van der Waals surface area (Å²) in [5.41, 5.74) is 0.940. The summed E-state index contributed by atoms with van der Waals surface area (Å²) in [6, 6.07) is 3.93. The van der Waals surface area contributed by atoms with Crippen LogP contribution in [0.5, 0.6) is 5.75 Å². The number of imidazole rings is 1. The SMILES string of the molecule is CC(C)NCc1cc(Cl)cc(Cl)c1OCc1nccn1C. The van der Waals surface area contributed by atoms with E-state index in [2.05, 4.69) is 24.1 Å². The molecule has 0 radical (unpaired) electrons. The molecule has 0 aliphatic rings. The van der Waals surface area contributed by atoms with Crippen molar-refractivity contribution in [1.29, 1.82) is 0 Å². The van der Waals surface area contributed by atoms with Crippen molar-refractivity contribution in [3.63, 3.8) is 0 Å². The van der Waals surface area contributed by atoms with E-state index in [9.17, 15) is 0 Å². The van der Waals surface area contributed by atoms with E-state index in [1.54, 1.807) is 12.3 Å². The number of hydrogen-bond donors (Lipinski definition) is 1. The summed E-state index contributed by atoms with van der Waals surface area (Å²) in [5.74, 6) is 1.49. The van der Waals surface area contributed by atoms with Gasteiger partial charge in [0.15, 0.2) is 0 Å². The van der Waals surface area contributed by atoms with E-state index in [-0.39, 0.29) is 0 Å². The van der Waals surface area contributed by atoms with Gasteiger partial charge in [-0.05, 0) is 12.1 Å². The quantitative estimate of drug-likeness (QED) is 0.876. The van der Waals surface area contributed by atoms with Crippen molar-refractivity contribution in [2.24, 2.45) is 7.05 Å². The highest BCUT2D eigenvalue weighted by Gasteiger charge is 2.12. The van der Waals surface area contributed by atoms with E-state index in [1.165, 1.54) is 0 Å². The number of benzene rings is 1. The third-order valence-corrected chi connectivity index (χ3v) is 3.55. The molecule has 0 aliphatic carbocycles. The van der Waals surface area contributed by atoms with Gasteiger partial charge in [0.1, 0.15) is 18.2 Å². The Balaban J connectivity index is 2.18. The number of nitrogens with one attached hydrogen (secondary N) is 1. The van der Waals surface area contributed by atoms with Gasteiger partial charge >= 0.3 is 0 Å². The zero-order valence-electron chi connectivity index (χ0n) is 12.4. The molecular weight excluding hydrogens is 309 g/mol. The second kappa shape index (κ2) is 7.16. The van der Waals surface area contributed by atoms with Crippen molar-refractivity contribution in [3.05, 3.63) is 46.0 Å². The first-order valence-corrected chi connectivity index (χ1v) is 7.53. The van der Waals surface area contributed by atoms with Gasteiger partial charge in [-0.1, -0.05) is 37.0 Å². The molecule has 0 bridgehead atoms. The topological polar surface area (TPSA) is 39.1 Å². The van der Waals surface area contributed by atoms with Crippen LogP contribution in [0.25, 0.3) is 0 Å². The lowest BCUT2D eigenvalue weighted by Gasteiger charge is -2.15. The number of nitrogens with zero attached hydrogens (tertiary/aromatic N) is 2. The molecular formula is C15H19Cl2N3O.